The van der Waals surface area contributed by atoms with E-state index in [4.69, 9.17) is 58.6 Å². The normalized spacial score (nSPS) is 12.4. The van der Waals surface area contributed by atoms with Crippen LogP contribution in [0.2, 0.25) is 20.1 Å². The van der Waals surface area contributed by atoms with Gasteiger partial charge in [0.25, 0.3) is 0 Å². The highest BCUT2D eigenvalue weighted by molar-refractivity contribution is 7.71. The lowest BCUT2D eigenvalue weighted by Gasteiger charge is -2.21. The average Bonchev–Trinajstić information content (AvgIpc) is 2.96. The van der Waals surface area contributed by atoms with E-state index >= 15 is 0 Å². The Balaban J connectivity index is 2.15. The molecule has 0 aliphatic carbocycles. The Labute approximate surface area is 171 Å². The lowest BCUT2D eigenvalue weighted by atomic mass is 10.0. The SMILES string of the molecule is CCC(c1ccc(Cl)c(Cl)c1)n1c(-c2ccc(Cl)c(Cl)c2)c[nH]c1=S. The third-order valence-corrected chi connectivity index (χ3v) is 5.85. The van der Waals surface area contributed by atoms with Gasteiger partial charge in [-0.3, -0.25) is 0 Å². The van der Waals surface area contributed by atoms with Gasteiger partial charge in [0.1, 0.15) is 0 Å². The minimum Gasteiger partial charge on any atom is -0.337 e. The Morgan fingerprint density at radius 2 is 1.60 bits per heavy atom. The minimum absolute atomic E-state index is 0.0120. The third kappa shape index (κ3) is 3.76. The molecular formula is C18H14Cl4N2S. The van der Waals surface area contributed by atoms with Crippen LogP contribution in [0.15, 0.2) is 42.6 Å². The van der Waals surface area contributed by atoms with Gasteiger partial charge in [-0.05, 0) is 48.5 Å². The molecular weight excluding hydrogens is 418 g/mol. The zero-order chi connectivity index (χ0) is 18.1. The number of nitrogens with one attached hydrogen (secondary N) is 1. The number of hydrogen-bond donors (Lipinski definition) is 1. The summed E-state index contributed by atoms with van der Waals surface area (Å²) in [5, 5.41) is 2.07. The standard InChI is InChI=1S/C18H14Cl4N2S/c1-2-16(10-3-5-12(19)14(21)7-10)24-17(9-23-18(24)25)11-4-6-13(20)15(22)8-11/h3-9,16H,2H2,1H3,(H,23,25). The van der Waals surface area contributed by atoms with E-state index in [9.17, 15) is 0 Å². The summed E-state index contributed by atoms with van der Waals surface area (Å²) < 4.78 is 2.69. The number of hydrogen-bond acceptors (Lipinski definition) is 1. The summed E-state index contributed by atoms with van der Waals surface area (Å²) in [6, 6.07) is 11.2. The smallest absolute Gasteiger partial charge is 0.178 e. The molecule has 0 amide bonds. The zero-order valence-corrected chi connectivity index (χ0v) is 17.0. The van der Waals surface area contributed by atoms with E-state index < -0.39 is 0 Å². The molecule has 1 atom stereocenters. The predicted molar refractivity (Wildman–Crippen MR) is 110 cm³/mol. The maximum atomic E-state index is 6.20. The summed E-state index contributed by atoms with van der Waals surface area (Å²) in [5.41, 5.74) is 2.90. The van der Waals surface area contributed by atoms with Crippen molar-refractivity contribution >= 4 is 58.6 Å². The summed E-state index contributed by atoms with van der Waals surface area (Å²) in [6.45, 7) is 2.10. The molecule has 0 fully saturated rings. The lowest BCUT2D eigenvalue weighted by Crippen LogP contribution is -2.11. The van der Waals surface area contributed by atoms with Gasteiger partial charge in [-0.15, -0.1) is 0 Å². The molecule has 3 aromatic rings. The Bertz CT molecular complexity index is 977. The molecule has 1 aromatic heterocycles. The third-order valence-electron chi connectivity index (χ3n) is 4.05. The molecule has 1 N–H and O–H groups in total. The maximum Gasteiger partial charge on any atom is 0.178 e. The summed E-state index contributed by atoms with van der Waals surface area (Å²) in [4.78, 5) is 3.12. The molecule has 0 bridgehead atoms. The number of rotatable bonds is 4. The van der Waals surface area contributed by atoms with Gasteiger partial charge in [-0.2, -0.15) is 0 Å². The number of aromatic amines is 1. The molecule has 7 heteroatoms. The van der Waals surface area contributed by atoms with Crippen molar-refractivity contribution in [3.63, 3.8) is 0 Å². The average molecular weight is 432 g/mol. The van der Waals surface area contributed by atoms with Crippen LogP contribution >= 0.6 is 58.6 Å². The first-order valence-corrected chi connectivity index (χ1v) is 9.54. The second kappa shape index (κ2) is 7.73. The molecule has 0 radical (unpaired) electrons. The molecule has 0 saturated carbocycles. The van der Waals surface area contributed by atoms with Gasteiger partial charge in [0.05, 0.1) is 31.8 Å². The van der Waals surface area contributed by atoms with Crippen molar-refractivity contribution in [2.24, 2.45) is 0 Å². The molecule has 2 aromatic carbocycles. The Hall–Kier alpha value is -0.970. The van der Waals surface area contributed by atoms with Crippen molar-refractivity contribution in [2.45, 2.75) is 19.4 Å². The van der Waals surface area contributed by atoms with Gasteiger partial charge in [0.2, 0.25) is 0 Å². The monoisotopic (exact) mass is 430 g/mol. The van der Waals surface area contributed by atoms with Gasteiger partial charge in [0, 0.05) is 11.8 Å². The van der Waals surface area contributed by atoms with E-state index in [2.05, 4.69) is 16.5 Å². The van der Waals surface area contributed by atoms with Crippen LogP contribution < -0.4 is 0 Å². The molecule has 0 spiro atoms. The first-order valence-electron chi connectivity index (χ1n) is 7.62. The van der Waals surface area contributed by atoms with Crippen molar-refractivity contribution in [1.82, 2.24) is 9.55 Å². The Kier molecular flexibility index (Phi) is 5.81. The van der Waals surface area contributed by atoms with Gasteiger partial charge < -0.3 is 9.55 Å². The highest BCUT2D eigenvalue weighted by Crippen LogP contribution is 2.34. The van der Waals surface area contributed by atoms with Crippen molar-refractivity contribution in [3.8, 4) is 11.3 Å². The number of imidazole rings is 1. The van der Waals surface area contributed by atoms with Crippen LogP contribution in [0.1, 0.15) is 24.9 Å². The first kappa shape index (κ1) is 18.8. The van der Waals surface area contributed by atoms with Crippen LogP contribution in [0, 0.1) is 4.77 Å². The van der Waals surface area contributed by atoms with Gasteiger partial charge in [-0.1, -0.05) is 65.5 Å². The summed E-state index contributed by atoms with van der Waals surface area (Å²) in [5.74, 6) is 0. The molecule has 0 aliphatic heterocycles. The number of aromatic nitrogens is 2. The van der Waals surface area contributed by atoms with Gasteiger partial charge in [0.15, 0.2) is 4.77 Å². The predicted octanol–water partition coefficient (Wildman–Crippen LogP) is 7.83. The quantitative estimate of drug-likeness (QED) is 0.417. The summed E-state index contributed by atoms with van der Waals surface area (Å²) in [6.07, 6.45) is 2.71. The molecule has 1 heterocycles. The van der Waals surface area contributed by atoms with Crippen molar-refractivity contribution in [2.75, 3.05) is 0 Å². The van der Waals surface area contributed by atoms with Crippen molar-refractivity contribution in [3.05, 3.63) is 73.0 Å². The van der Waals surface area contributed by atoms with E-state index in [1.165, 1.54) is 0 Å². The molecule has 25 heavy (non-hydrogen) atoms. The van der Waals surface area contributed by atoms with E-state index in [-0.39, 0.29) is 6.04 Å². The van der Waals surface area contributed by atoms with Gasteiger partial charge >= 0.3 is 0 Å². The van der Waals surface area contributed by atoms with E-state index in [1.807, 2.05) is 30.5 Å². The topological polar surface area (TPSA) is 20.7 Å². The van der Waals surface area contributed by atoms with Crippen LogP contribution in [0.25, 0.3) is 11.3 Å². The number of nitrogens with zero attached hydrogens (tertiary/aromatic N) is 1. The largest absolute Gasteiger partial charge is 0.337 e. The number of benzene rings is 2. The fourth-order valence-corrected chi connectivity index (χ4v) is 3.74. The molecule has 0 aliphatic rings. The Morgan fingerprint density at radius 3 is 2.20 bits per heavy atom. The minimum atomic E-state index is 0.0120. The first-order chi connectivity index (χ1) is 11.9. The molecule has 0 saturated heterocycles. The molecule has 130 valence electrons. The van der Waals surface area contributed by atoms with Gasteiger partial charge in [-0.25, -0.2) is 0 Å². The van der Waals surface area contributed by atoms with Crippen LogP contribution in [-0.4, -0.2) is 9.55 Å². The molecule has 3 rings (SSSR count). The fraction of sp³-hybridized carbons (Fsp3) is 0.167. The fourth-order valence-electron chi connectivity index (χ4n) is 2.85. The second-order valence-corrected chi connectivity index (χ2v) is 7.59. The van der Waals surface area contributed by atoms with E-state index in [1.54, 1.807) is 12.1 Å². The summed E-state index contributed by atoms with van der Waals surface area (Å²) >= 11 is 30.0. The van der Waals surface area contributed by atoms with Crippen molar-refractivity contribution in [1.29, 1.82) is 0 Å². The lowest BCUT2D eigenvalue weighted by molar-refractivity contribution is 0.565. The van der Waals surface area contributed by atoms with Crippen LogP contribution in [-0.2, 0) is 0 Å². The summed E-state index contributed by atoms with van der Waals surface area (Å²) in [7, 11) is 0. The zero-order valence-electron chi connectivity index (χ0n) is 13.2. The van der Waals surface area contributed by atoms with E-state index in [0.29, 0.717) is 24.9 Å². The highest BCUT2D eigenvalue weighted by Gasteiger charge is 2.18. The van der Waals surface area contributed by atoms with Crippen LogP contribution in [0.4, 0.5) is 0 Å². The van der Waals surface area contributed by atoms with Crippen LogP contribution in [0.3, 0.4) is 0 Å². The second-order valence-electron chi connectivity index (χ2n) is 5.58. The van der Waals surface area contributed by atoms with E-state index in [0.717, 1.165) is 23.2 Å². The maximum absolute atomic E-state index is 6.20. The number of halogens is 4. The molecule has 2 nitrogen and oxygen atoms in total. The molecule has 1 unspecified atom stereocenters. The Morgan fingerprint density at radius 1 is 0.960 bits per heavy atom. The van der Waals surface area contributed by atoms with Crippen molar-refractivity contribution < 1.29 is 0 Å². The van der Waals surface area contributed by atoms with Crippen LogP contribution in [0.5, 0.6) is 0 Å². The highest BCUT2D eigenvalue weighted by atomic mass is 35.5. The number of H-pyrrole nitrogens is 1.